The van der Waals surface area contributed by atoms with Crippen molar-refractivity contribution in [1.82, 2.24) is 10.3 Å². The molecule has 2 N–H and O–H groups in total. The van der Waals surface area contributed by atoms with Crippen LogP contribution in [-0.4, -0.2) is 16.1 Å². The Kier molecular flexibility index (Phi) is 4.65. The minimum atomic E-state index is -0.957. The SMILES string of the molecule is O=C(O)c1ccc(CNCc2cccc(Br)c2)nc1. The molecule has 98 valence electrons. The van der Waals surface area contributed by atoms with Crippen LogP contribution in [0.25, 0.3) is 0 Å². The lowest BCUT2D eigenvalue weighted by atomic mass is 10.2. The number of nitrogens with zero attached hydrogens (tertiary/aromatic N) is 1. The molecule has 0 spiro atoms. The van der Waals surface area contributed by atoms with E-state index < -0.39 is 5.97 Å². The maximum atomic E-state index is 10.7. The number of carboxylic acids is 1. The highest BCUT2D eigenvalue weighted by molar-refractivity contribution is 9.10. The van der Waals surface area contributed by atoms with E-state index in [1.807, 2.05) is 24.3 Å². The Morgan fingerprint density at radius 1 is 1.26 bits per heavy atom. The van der Waals surface area contributed by atoms with Gasteiger partial charge in [-0.1, -0.05) is 28.1 Å². The molecule has 0 fully saturated rings. The number of hydrogen-bond donors (Lipinski definition) is 2. The van der Waals surface area contributed by atoms with Crippen molar-refractivity contribution in [2.75, 3.05) is 0 Å². The van der Waals surface area contributed by atoms with Gasteiger partial charge in [-0.15, -0.1) is 0 Å². The number of carboxylic acid groups (broad SMARTS) is 1. The van der Waals surface area contributed by atoms with Gasteiger partial charge in [0, 0.05) is 23.8 Å². The number of benzene rings is 1. The lowest BCUT2D eigenvalue weighted by Crippen LogP contribution is -2.13. The van der Waals surface area contributed by atoms with Crippen LogP contribution in [0, 0.1) is 0 Å². The van der Waals surface area contributed by atoms with Gasteiger partial charge < -0.3 is 10.4 Å². The van der Waals surface area contributed by atoms with Crippen molar-refractivity contribution >= 4 is 21.9 Å². The van der Waals surface area contributed by atoms with Gasteiger partial charge in [-0.05, 0) is 29.8 Å². The van der Waals surface area contributed by atoms with Gasteiger partial charge in [-0.2, -0.15) is 0 Å². The summed E-state index contributed by atoms with van der Waals surface area (Å²) in [5, 5.41) is 12.0. The van der Waals surface area contributed by atoms with Gasteiger partial charge in [-0.3, -0.25) is 4.98 Å². The molecule has 2 aromatic rings. The number of aromatic carboxylic acids is 1. The van der Waals surface area contributed by atoms with Crippen LogP contribution in [0.2, 0.25) is 0 Å². The van der Waals surface area contributed by atoms with Gasteiger partial charge in [0.1, 0.15) is 0 Å². The smallest absolute Gasteiger partial charge is 0.337 e. The summed E-state index contributed by atoms with van der Waals surface area (Å²) in [5.41, 5.74) is 2.20. The van der Waals surface area contributed by atoms with Crippen molar-refractivity contribution in [2.45, 2.75) is 13.1 Å². The summed E-state index contributed by atoms with van der Waals surface area (Å²) in [5.74, 6) is -0.957. The average molecular weight is 321 g/mol. The number of halogens is 1. The first-order valence-corrected chi connectivity index (χ1v) is 6.58. The first kappa shape index (κ1) is 13.7. The molecule has 0 bridgehead atoms. The first-order valence-electron chi connectivity index (χ1n) is 5.78. The van der Waals surface area contributed by atoms with Gasteiger partial charge >= 0.3 is 5.97 Å². The van der Waals surface area contributed by atoms with E-state index in [0.717, 1.165) is 16.7 Å². The zero-order valence-corrected chi connectivity index (χ0v) is 11.7. The van der Waals surface area contributed by atoms with E-state index in [1.165, 1.54) is 11.8 Å². The third-order valence-corrected chi connectivity index (χ3v) is 3.09. The van der Waals surface area contributed by atoms with Crippen LogP contribution in [0.5, 0.6) is 0 Å². The zero-order chi connectivity index (χ0) is 13.7. The van der Waals surface area contributed by atoms with Crippen LogP contribution in [-0.2, 0) is 13.1 Å². The molecule has 0 aliphatic carbocycles. The molecule has 0 atom stereocenters. The summed E-state index contributed by atoms with van der Waals surface area (Å²) in [7, 11) is 0. The van der Waals surface area contributed by atoms with E-state index in [2.05, 4.69) is 26.2 Å². The van der Waals surface area contributed by atoms with Gasteiger partial charge in [0.15, 0.2) is 0 Å². The fourth-order valence-corrected chi connectivity index (χ4v) is 2.08. The molecule has 5 heteroatoms. The lowest BCUT2D eigenvalue weighted by molar-refractivity contribution is 0.0696. The maximum absolute atomic E-state index is 10.7. The number of nitrogens with one attached hydrogen (secondary N) is 1. The van der Waals surface area contributed by atoms with Crippen molar-refractivity contribution in [3.8, 4) is 0 Å². The van der Waals surface area contributed by atoms with Crippen LogP contribution in [0.3, 0.4) is 0 Å². The van der Waals surface area contributed by atoms with Gasteiger partial charge in [-0.25, -0.2) is 4.79 Å². The highest BCUT2D eigenvalue weighted by Crippen LogP contribution is 2.11. The fourth-order valence-electron chi connectivity index (χ4n) is 1.64. The molecule has 0 saturated carbocycles. The van der Waals surface area contributed by atoms with E-state index in [0.29, 0.717) is 6.54 Å². The molecule has 0 radical (unpaired) electrons. The average Bonchev–Trinajstić information content (AvgIpc) is 2.39. The Morgan fingerprint density at radius 2 is 2.11 bits per heavy atom. The summed E-state index contributed by atoms with van der Waals surface area (Å²) >= 11 is 3.42. The highest BCUT2D eigenvalue weighted by Gasteiger charge is 2.02. The zero-order valence-electron chi connectivity index (χ0n) is 10.1. The molecule has 0 aliphatic heterocycles. The molecule has 1 aromatic carbocycles. The predicted molar refractivity (Wildman–Crippen MR) is 75.9 cm³/mol. The summed E-state index contributed by atoms with van der Waals surface area (Å²) in [6, 6.07) is 11.3. The number of carbonyl (C=O) groups is 1. The van der Waals surface area contributed by atoms with Gasteiger partial charge in [0.25, 0.3) is 0 Å². The molecule has 1 heterocycles. The van der Waals surface area contributed by atoms with E-state index in [1.54, 1.807) is 12.1 Å². The summed E-state index contributed by atoms with van der Waals surface area (Å²) in [4.78, 5) is 14.8. The van der Waals surface area contributed by atoms with Crippen molar-refractivity contribution in [2.24, 2.45) is 0 Å². The van der Waals surface area contributed by atoms with E-state index in [-0.39, 0.29) is 5.56 Å². The molecule has 19 heavy (non-hydrogen) atoms. The quantitative estimate of drug-likeness (QED) is 0.889. The molecule has 2 rings (SSSR count). The molecule has 0 unspecified atom stereocenters. The minimum absolute atomic E-state index is 0.204. The standard InChI is InChI=1S/C14H13BrN2O2/c15-12-3-1-2-10(6-12)7-16-9-13-5-4-11(8-17-13)14(18)19/h1-6,8,16H,7,9H2,(H,18,19). The van der Waals surface area contributed by atoms with E-state index in [4.69, 9.17) is 5.11 Å². The molecule has 1 aromatic heterocycles. The summed E-state index contributed by atoms with van der Waals surface area (Å²) < 4.78 is 1.05. The van der Waals surface area contributed by atoms with Crippen LogP contribution in [0.4, 0.5) is 0 Å². The highest BCUT2D eigenvalue weighted by atomic mass is 79.9. The number of pyridine rings is 1. The van der Waals surface area contributed by atoms with E-state index in [9.17, 15) is 4.79 Å². The normalized spacial score (nSPS) is 10.4. The summed E-state index contributed by atoms with van der Waals surface area (Å²) in [6.45, 7) is 1.34. The van der Waals surface area contributed by atoms with Gasteiger partial charge in [0.2, 0.25) is 0 Å². The second-order valence-corrected chi connectivity index (χ2v) is 4.99. The molecular formula is C14H13BrN2O2. The molecule has 0 saturated heterocycles. The topological polar surface area (TPSA) is 62.2 Å². The second-order valence-electron chi connectivity index (χ2n) is 4.08. The fraction of sp³-hybridized carbons (Fsp3) is 0.143. The number of rotatable bonds is 5. The monoisotopic (exact) mass is 320 g/mol. The van der Waals surface area contributed by atoms with Crippen molar-refractivity contribution in [3.63, 3.8) is 0 Å². The number of aromatic nitrogens is 1. The third kappa shape index (κ3) is 4.15. The van der Waals surface area contributed by atoms with Crippen LogP contribution in [0.15, 0.2) is 47.1 Å². The third-order valence-electron chi connectivity index (χ3n) is 2.60. The van der Waals surface area contributed by atoms with E-state index >= 15 is 0 Å². The Balaban J connectivity index is 1.87. The first-order chi connectivity index (χ1) is 9.15. The minimum Gasteiger partial charge on any atom is -0.478 e. The molecule has 4 nitrogen and oxygen atoms in total. The Hall–Kier alpha value is -1.72. The van der Waals surface area contributed by atoms with Crippen molar-refractivity contribution < 1.29 is 9.90 Å². The van der Waals surface area contributed by atoms with Crippen molar-refractivity contribution in [3.05, 3.63) is 63.9 Å². The Bertz CT molecular complexity index is 570. The lowest BCUT2D eigenvalue weighted by Gasteiger charge is -2.05. The number of hydrogen-bond acceptors (Lipinski definition) is 3. The van der Waals surface area contributed by atoms with Crippen molar-refractivity contribution in [1.29, 1.82) is 0 Å². The molecule has 0 aliphatic rings. The summed E-state index contributed by atoms with van der Waals surface area (Å²) in [6.07, 6.45) is 1.37. The Labute approximate surface area is 119 Å². The molecule has 0 amide bonds. The maximum Gasteiger partial charge on any atom is 0.337 e. The largest absolute Gasteiger partial charge is 0.478 e. The second kappa shape index (κ2) is 6.45. The Morgan fingerprint density at radius 3 is 2.74 bits per heavy atom. The van der Waals surface area contributed by atoms with Crippen LogP contribution in [0.1, 0.15) is 21.6 Å². The van der Waals surface area contributed by atoms with Gasteiger partial charge in [0.05, 0.1) is 11.3 Å². The van der Waals surface area contributed by atoms with Crippen LogP contribution >= 0.6 is 15.9 Å². The van der Waals surface area contributed by atoms with Crippen LogP contribution < -0.4 is 5.32 Å². The predicted octanol–water partition coefficient (Wildman–Crippen LogP) is 2.83. The molecular weight excluding hydrogens is 308 g/mol.